The summed E-state index contributed by atoms with van der Waals surface area (Å²) in [6.07, 6.45) is 2.48. The van der Waals surface area contributed by atoms with Gasteiger partial charge in [0.05, 0.1) is 0 Å². The van der Waals surface area contributed by atoms with Crippen molar-refractivity contribution >= 4 is 15.9 Å². The molecule has 1 aliphatic rings. The Bertz CT molecular complexity index is 417. The normalized spacial score (nSPS) is 19.6. The van der Waals surface area contributed by atoms with Gasteiger partial charge >= 0.3 is 0 Å². The standard InChI is InChI=1S/C15H22BrFN2/c1-11(2)19(10-14-4-3-7-18-14)9-12-8-13(16)5-6-15(12)17/h5-6,8,11,14,18H,3-4,7,9-10H2,1-2H3. The summed E-state index contributed by atoms with van der Waals surface area (Å²) in [6.45, 7) is 7.11. The van der Waals surface area contributed by atoms with E-state index in [-0.39, 0.29) is 5.82 Å². The van der Waals surface area contributed by atoms with E-state index in [2.05, 4.69) is 40.0 Å². The first-order valence-electron chi connectivity index (χ1n) is 6.97. The molecule has 0 saturated carbocycles. The molecule has 1 aromatic carbocycles. The average molecular weight is 329 g/mol. The van der Waals surface area contributed by atoms with Gasteiger partial charge in [-0.1, -0.05) is 15.9 Å². The molecule has 4 heteroatoms. The first kappa shape index (κ1) is 14.9. The lowest BCUT2D eigenvalue weighted by Gasteiger charge is -2.29. The van der Waals surface area contributed by atoms with Gasteiger partial charge in [0.25, 0.3) is 0 Å². The monoisotopic (exact) mass is 328 g/mol. The molecular weight excluding hydrogens is 307 g/mol. The van der Waals surface area contributed by atoms with E-state index in [1.165, 1.54) is 18.9 Å². The highest BCUT2D eigenvalue weighted by Crippen LogP contribution is 2.19. The minimum absolute atomic E-state index is 0.117. The van der Waals surface area contributed by atoms with E-state index < -0.39 is 0 Å². The zero-order valence-corrected chi connectivity index (χ0v) is 13.2. The van der Waals surface area contributed by atoms with Crippen molar-refractivity contribution in [1.82, 2.24) is 10.2 Å². The summed E-state index contributed by atoms with van der Waals surface area (Å²) in [4.78, 5) is 2.34. The van der Waals surface area contributed by atoms with Crippen molar-refractivity contribution in [2.24, 2.45) is 0 Å². The van der Waals surface area contributed by atoms with E-state index in [1.54, 1.807) is 6.07 Å². The molecule has 0 spiro atoms. The van der Waals surface area contributed by atoms with Crippen molar-refractivity contribution in [3.63, 3.8) is 0 Å². The van der Waals surface area contributed by atoms with Crippen molar-refractivity contribution in [3.8, 4) is 0 Å². The van der Waals surface area contributed by atoms with Crippen LogP contribution in [0.25, 0.3) is 0 Å². The summed E-state index contributed by atoms with van der Waals surface area (Å²) >= 11 is 3.41. The number of rotatable bonds is 5. The molecule has 0 aliphatic carbocycles. The summed E-state index contributed by atoms with van der Waals surface area (Å²) in [5, 5.41) is 3.51. The second-order valence-corrected chi connectivity index (χ2v) is 6.47. The fraction of sp³-hybridized carbons (Fsp3) is 0.600. The van der Waals surface area contributed by atoms with Crippen LogP contribution in [0, 0.1) is 5.82 Å². The van der Waals surface area contributed by atoms with Gasteiger partial charge in [-0.3, -0.25) is 4.90 Å². The number of halogens is 2. The van der Waals surface area contributed by atoms with Crippen molar-refractivity contribution in [3.05, 3.63) is 34.1 Å². The molecule has 0 radical (unpaired) electrons. The number of hydrogen-bond donors (Lipinski definition) is 1. The van der Waals surface area contributed by atoms with Gasteiger partial charge in [0.2, 0.25) is 0 Å². The molecule has 1 fully saturated rings. The van der Waals surface area contributed by atoms with Crippen molar-refractivity contribution in [2.45, 2.75) is 45.3 Å². The third-order valence-corrected chi connectivity index (χ3v) is 4.22. The SMILES string of the molecule is CC(C)N(Cc1cc(Br)ccc1F)CC1CCCN1. The smallest absolute Gasteiger partial charge is 0.127 e. The lowest BCUT2D eigenvalue weighted by molar-refractivity contribution is 0.191. The molecule has 1 heterocycles. The van der Waals surface area contributed by atoms with Crippen LogP contribution >= 0.6 is 15.9 Å². The van der Waals surface area contributed by atoms with E-state index >= 15 is 0 Å². The maximum absolute atomic E-state index is 13.8. The minimum atomic E-state index is -0.117. The molecule has 1 N–H and O–H groups in total. The number of benzene rings is 1. The Labute approximate surface area is 123 Å². The first-order valence-corrected chi connectivity index (χ1v) is 7.77. The molecule has 1 saturated heterocycles. The zero-order chi connectivity index (χ0) is 13.8. The minimum Gasteiger partial charge on any atom is -0.313 e. The van der Waals surface area contributed by atoms with Gasteiger partial charge < -0.3 is 5.32 Å². The number of nitrogens with zero attached hydrogens (tertiary/aromatic N) is 1. The maximum atomic E-state index is 13.8. The predicted octanol–water partition coefficient (Wildman–Crippen LogP) is 3.55. The average Bonchev–Trinajstić information content (AvgIpc) is 2.85. The van der Waals surface area contributed by atoms with Crippen molar-refractivity contribution in [2.75, 3.05) is 13.1 Å². The van der Waals surface area contributed by atoms with Crippen LogP contribution in [0.4, 0.5) is 4.39 Å². The second-order valence-electron chi connectivity index (χ2n) is 5.55. The molecule has 1 aromatic rings. The van der Waals surface area contributed by atoms with E-state index in [0.717, 1.165) is 23.1 Å². The van der Waals surface area contributed by atoms with E-state index in [0.29, 0.717) is 18.6 Å². The fourth-order valence-corrected chi connectivity index (χ4v) is 2.95. The molecule has 1 atom stereocenters. The third kappa shape index (κ3) is 4.26. The Kier molecular flexibility index (Phi) is 5.37. The maximum Gasteiger partial charge on any atom is 0.127 e. The van der Waals surface area contributed by atoms with Crippen LogP contribution in [0.15, 0.2) is 22.7 Å². The highest BCUT2D eigenvalue weighted by molar-refractivity contribution is 9.10. The molecule has 0 aromatic heterocycles. The molecule has 0 bridgehead atoms. The Morgan fingerprint density at radius 2 is 2.26 bits per heavy atom. The zero-order valence-electron chi connectivity index (χ0n) is 11.6. The number of nitrogens with one attached hydrogen (secondary N) is 1. The molecular formula is C15H22BrFN2. The van der Waals surface area contributed by atoms with Gasteiger partial charge in [0.1, 0.15) is 5.82 Å². The highest BCUT2D eigenvalue weighted by atomic mass is 79.9. The van der Waals surface area contributed by atoms with E-state index in [1.807, 2.05) is 6.07 Å². The quantitative estimate of drug-likeness (QED) is 0.889. The van der Waals surface area contributed by atoms with Gasteiger partial charge in [0, 0.05) is 35.2 Å². The molecule has 1 unspecified atom stereocenters. The van der Waals surface area contributed by atoms with Crippen molar-refractivity contribution < 1.29 is 4.39 Å². The van der Waals surface area contributed by atoms with Gasteiger partial charge in [0.15, 0.2) is 0 Å². The summed E-state index contributed by atoms with van der Waals surface area (Å²) in [7, 11) is 0. The Balaban J connectivity index is 2.04. The van der Waals surface area contributed by atoms with Gasteiger partial charge in [-0.25, -0.2) is 4.39 Å². The first-order chi connectivity index (χ1) is 9.06. The molecule has 2 nitrogen and oxygen atoms in total. The molecule has 19 heavy (non-hydrogen) atoms. The summed E-state index contributed by atoms with van der Waals surface area (Å²) in [6, 6.07) is 6.13. The highest BCUT2D eigenvalue weighted by Gasteiger charge is 2.20. The fourth-order valence-electron chi connectivity index (χ4n) is 2.54. The lowest BCUT2D eigenvalue weighted by Crippen LogP contribution is -2.40. The van der Waals surface area contributed by atoms with Crippen LogP contribution in [0.3, 0.4) is 0 Å². The topological polar surface area (TPSA) is 15.3 Å². The van der Waals surface area contributed by atoms with Gasteiger partial charge in [-0.2, -0.15) is 0 Å². The van der Waals surface area contributed by atoms with Crippen LogP contribution in [0.2, 0.25) is 0 Å². The van der Waals surface area contributed by atoms with Crippen LogP contribution in [-0.2, 0) is 6.54 Å². The Morgan fingerprint density at radius 3 is 2.89 bits per heavy atom. The summed E-state index contributed by atoms with van der Waals surface area (Å²) in [5.41, 5.74) is 0.765. The number of hydrogen-bond acceptors (Lipinski definition) is 2. The molecule has 2 rings (SSSR count). The summed E-state index contributed by atoms with van der Waals surface area (Å²) in [5.74, 6) is -0.117. The predicted molar refractivity (Wildman–Crippen MR) is 80.7 cm³/mol. The van der Waals surface area contributed by atoms with Crippen LogP contribution < -0.4 is 5.32 Å². The third-order valence-electron chi connectivity index (χ3n) is 3.73. The molecule has 106 valence electrons. The second kappa shape index (κ2) is 6.82. The summed E-state index contributed by atoms with van der Waals surface area (Å²) < 4.78 is 14.8. The van der Waals surface area contributed by atoms with Gasteiger partial charge in [-0.15, -0.1) is 0 Å². The van der Waals surface area contributed by atoms with Gasteiger partial charge in [-0.05, 0) is 51.4 Å². The Hall–Kier alpha value is -0.450. The Morgan fingerprint density at radius 1 is 1.47 bits per heavy atom. The van der Waals surface area contributed by atoms with Crippen molar-refractivity contribution in [1.29, 1.82) is 0 Å². The van der Waals surface area contributed by atoms with Crippen LogP contribution in [0.5, 0.6) is 0 Å². The van der Waals surface area contributed by atoms with Crippen LogP contribution in [0.1, 0.15) is 32.3 Å². The molecule has 0 amide bonds. The molecule has 1 aliphatic heterocycles. The van der Waals surface area contributed by atoms with E-state index in [9.17, 15) is 4.39 Å². The largest absolute Gasteiger partial charge is 0.313 e. The lowest BCUT2D eigenvalue weighted by atomic mass is 10.1. The van der Waals surface area contributed by atoms with Crippen LogP contribution in [-0.4, -0.2) is 30.1 Å². The van der Waals surface area contributed by atoms with E-state index in [4.69, 9.17) is 0 Å².